The van der Waals surface area contributed by atoms with Crippen molar-refractivity contribution in [1.29, 1.82) is 0 Å². The first-order chi connectivity index (χ1) is 5.70. The van der Waals surface area contributed by atoms with Gasteiger partial charge < -0.3 is 0 Å². The summed E-state index contributed by atoms with van der Waals surface area (Å²) < 4.78 is 2.36. The highest BCUT2D eigenvalue weighted by atomic mass is 79.9. The van der Waals surface area contributed by atoms with Gasteiger partial charge in [-0.25, -0.2) is 0 Å². The van der Waals surface area contributed by atoms with Crippen molar-refractivity contribution in [3.63, 3.8) is 0 Å². The Bertz CT molecular complexity index is 433. The van der Waals surface area contributed by atoms with Crippen molar-refractivity contribution in [1.82, 2.24) is 0 Å². The molecular weight excluding hydrogens is 256 g/mol. The number of halogens is 2. The molecule has 0 fully saturated rings. The van der Waals surface area contributed by atoms with Gasteiger partial charge in [-0.2, -0.15) is 0 Å². The molecule has 0 saturated heterocycles. The van der Waals surface area contributed by atoms with E-state index in [1.165, 1.54) is 9.58 Å². The molecule has 1 aromatic heterocycles. The number of aryl methyl sites for hydroxylation is 1. The van der Waals surface area contributed by atoms with Crippen LogP contribution < -0.4 is 0 Å². The van der Waals surface area contributed by atoms with Crippen LogP contribution in [0.4, 0.5) is 0 Å². The standard InChI is InChI=1S/C9H6BrClS/c1-5-8(11)6-3-2-4-7(10)9(6)12-5/h2-4H,1H3. The number of hydrogen-bond acceptors (Lipinski definition) is 1. The van der Waals surface area contributed by atoms with Crippen LogP contribution in [-0.4, -0.2) is 0 Å². The van der Waals surface area contributed by atoms with E-state index in [-0.39, 0.29) is 0 Å². The molecule has 0 amide bonds. The molecule has 0 bridgehead atoms. The molecule has 0 saturated carbocycles. The predicted molar refractivity (Wildman–Crippen MR) is 59.3 cm³/mol. The van der Waals surface area contributed by atoms with Gasteiger partial charge in [0.1, 0.15) is 0 Å². The molecule has 0 unspecified atom stereocenters. The fourth-order valence-corrected chi connectivity index (χ4v) is 3.06. The van der Waals surface area contributed by atoms with E-state index in [2.05, 4.69) is 15.9 Å². The summed E-state index contributed by atoms with van der Waals surface area (Å²) in [6.45, 7) is 2.04. The zero-order chi connectivity index (χ0) is 8.72. The third-order valence-electron chi connectivity index (χ3n) is 1.77. The second-order valence-corrected chi connectivity index (χ2v) is 5.05. The van der Waals surface area contributed by atoms with Gasteiger partial charge in [0.15, 0.2) is 0 Å². The summed E-state index contributed by atoms with van der Waals surface area (Å²) in [5, 5.41) is 2.03. The summed E-state index contributed by atoms with van der Waals surface area (Å²) >= 11 is 11.3. The van der Waals surface area contributed by atoms with Gasteiger partial charge in [0.05, 0.1) is 9.72 Å². The minimum Gasteiger partial charge on any atom is -0.138 e. The fourth-order valence-electron chi connectivity index (χ4n) is 1.17. The van der Waals surface area contributed by atoms with Crippen LogP contribution in [0.5, 0.6) is 0 Å². The van der Waals surface area contributed by atoms with Gasteiger partial charge in [0.25, 0.3) is 0 Å². The van der Waals surface area contributed by atoms with E-state index in [1.54, 1.807) is 11.3 Å². The molecule has 0 aliphatic rings. The summed E-state index contributed by atoms with van der Waals surface area (Å²) in [6, 6.07) is 6.09. The largest absolute Gasteiger partial charge is 0.138 e. The lowest BCUT2D eigenvalue weighted by atomic mass is 10.2. The van der Waals surface area contributed by atoms with Crippen molar-refractivity contribution in [2.24, 2.45) is 0 Å². The van der Waals surface area contributed by atoms with E-state index >= 15 is 0 Å². The van der Waals surface area contributed by atoms with Crippen LogP contribution in [-0.2, 0) is 0 Å². The molecule has 62 valence electrons. The average Bonchev–Trinajstić information content (AvgIpc) is 2.32. The Kier molecular flexibility index (Phi) is 2.15. The molecule has 0 spiro atoms. The van der Waals surface area contributed by atoms with E-state index < -0.39 is 0 Å². The van der Waals surface area contributed by atoms with Gasteiger partial charge in [-0.05, 0) is 28.9 Å². The van der Waals surface area contributed by atoms with Gasteiger partial charge in [-0.15, -0.1) is 11.3 Å². The van der Waals surface area contributed by atoms with E-state index in [9.17, 15) is 0 Å². The highest BCUT2D eigenvalue weighted by Gasteiger charge is 2.07. The Hall–Kier alpha value is -0.0500. The first-order valence-electron chi connectivity index (χ1n) is 3.53. The van der Waals surface area contributed by atoms with E-state index in [4.69, 9.17) is 11.6 Å². The zero-order valence-corrected chi connectivity index (χ0v) is 9.55. The molecule has 2 aromatic rings. The Morgan fingerprint density at radius 3 is 2.83 bits per heavy atom. The van der Waals surface area contributed by atoms with Gasteiger partial charge in [0.2, 0.25) is 0 Å². The van der Waals surface area contributed by atoms with E-state index in [0.29, 0.717) is 0 Å². The van der Waals surface area contributed by atoms with Crippen LogP contribution in [0.2, 0.25) is 5.02 Å². The number of fused-ring (bicyclic) bond motifs is 1. The van der Waals surface area contributed by atoms with Crippen molar-refractivity contribution in [2.75, 3.05) is 0 Å². The van der Waals surface area contributed by atoms with Crippen LogP contribution in [0.25, 0.3) is 10.1 Å². The van der Waals surface area contributed by atoms with Crippen LogP contribution in [0.1, 0.15) is 4.88 Å². The van der Waals surface area contributed by atoms with E-state index in [0.717, 1.165) is 14.9 Å². The Labute approximate surface area is 88.3 Å². The Morgan fingerprint density at radius 2 is 2.17 bits per heavy atom. The Balaban J connectivity index is 2.95. The first kappa shape index (κ1) is 8.54. The summed E-state index contributed by atoms with van der Waals surface area (Å²) in [5.74, 6) is 0. The molecule has 1 aromatic carbocycles. The predicted octanol–water partition coefficient (Wildman–Crippen LogP) is 4.63. The highest BCUT2D eigenvalue weighted by molar-refractivity contribution is 9.10. The summed E-state index contributed by atoms with van der Waals surface area (Å²) in [4.78, 5) is 1.18. The normalized spacial score (nSPS) is 10.9. The number of thiophene rings is 1. The highest BCUT2D eigenvalue weighted by Crippen LogP contribution is 2.38. The SMILES string of the molecule is Cc1sc2c(Br)cccc2c1Cl. The smallest absolute Gasteiger partial charge is 0.0621 e. The molecule has 0 aliphatic carbocycles. The molecule has 0 radical (unpaired) electrons. The van der Waals surface area contributed by atoms with Crippen molar-refractivity contribution in [3.05, 3.63) is 32.6 Å². The molecule has 3 heteroatoms. The van der Waals surface area contributed by atoms with Crippen molar-refractivity contribution < 1.29 is 0 Å². The van der Waals surface area contributed by atoms with Gasteiger partial charge in [-0.1, -0.05) is 23.7 Å². The summed E-state index contributed by atoms with van der Waals surface area (Å²) in [7, 11) is 0. The Morgan fingerprint density at radius 1 is 1.42 bits per heavy atom. The van der Waals surface area contributed by atoms with Crippen molar-refractivity contribution in [3.8, 4) is 0 Å². The lowest BCUT2D eigenvalue weighted by Gasteiger charge is -1.91. The molecule has 1 heterocycles. The van der Waals surface area contributed by atoms with Crippen LogP contribution >= 0.6 is 38.9 Å². The second-order valence-electron chi connectivity index (χ2n) is 2.59. The lowest BCUT2D eigenvalue weighted by molar-refractivity contribution is 1.65. The topological polar surface area (TPSA) is 0 Å². The molecule has 0 nitrogen and oxygen atoms in total. The fraction of sp³-hybridized carbons (Fsp3) is 0.111. The molecule has 12 heavy (non-hydrogen) atoms. The number of rotatable bonds is 0. The maximum atomic E-state index is 6.10. The van der Waals surface area contributed by atoms with Crippen LogP contribution in [0.15, 0.2) is 22.7 Å². The average molecular weight is 262 g/mol. The van der Waals surface area contributed by atoms with Crippen molar-refractivity contribution >= 4 is 49.0 Å². The molecule has 0 atom stereocenters. The quantitative estimate of drug-likeness (QED) is 0.649. The lowest BCUT2D eigenvalue weighted by Crippen LogP contribution is -1.65. The number of benzene rings is 1. The first-order valence-corrected chi connectivity index (χ1v) is 5.52. The van der Waals surface area contributed by atoms with Crippen LogP contribution in [0.3, 0.4) is 0 Å². The molecule has 0 aliphatic heterocycles. The van der Waals surface area contributed by atoms with Gasteiger partial charge in [0, 0.05) is 14.7 Å². The molecule has 0 N–H and O–H groups in total. The third kappa shape index (κ3) is 1.18. The molecule has 2 rings (SSSR count). The summed E-state index contributed by atoms with van der Waals surface area (Å²) in [5.41, 5.74) is 0. The van der Waals surface area contributed by atoms with Gasteiger partial charge >= 0.3 is 0 Å². The van der Waals surface area contributed by atoms with Crippen LogP contribution in [0, 0.1) is 6.92 Å². The third-order valence-corrected chi connectivity index (χ3v) is 4.44. The minimum absolute atomic E-state index is 0.885. The van der Waals surface area contributed by atoms with Gasteiger partial charge in [-0.3, -0.25) is 0 Å². The monoisotopic (exact) mass is 260 g/mol. The summed E-state index contributed by atoms with van der Waals surface area (Å²) in [6.07, 6.45) is 0. The zero-order valence-electron chi connectivity index (χ0n) is 6.40. The molecular formula is C9H6BrClS. The maximum Gasteiger partial charge on any atom is 0.0621 e. The van der Waals surface area contributed by atoms with Crippen molar-refractivity contribution in [2.45, 2.75) is 6.92 Å². The minimum atomic E-state index is 0.885. The second kappa shape index (κ2) is 3.02. The maximum absolute atomic E-state index is 6.10. The number of hydrogen-bond donors (Lipinski definition) is 0. The van der Waals surface area contributed by atoms with E-state index in [1.807, 2.05) is 25.1 Å².